The number of carbonyl (C=O) groups excluding carboxylic acids is 2. The fourth-order valence-electron chi connectivity index (χ4n) is 2.04. The van der Waals surface area contributed by atoms with Crippen LogP contribution in [0, 0.1) is 12.7 Å². The van der Waals surface area contributed by atoms with E-state index in [1.807, 2.05) is 6.07 Å². The maximum atomic E-state index is 13.4. The first-order chi connectivity index (χ1) is 11.5. The van der Waals surface area contributed by atoms with Crippen LogP contribution in [0.15, 0.2) is 42.5 Å². The fourth-order valence-corrected chi connectivity index (χ4v) is 2.04. The lowest BCUT2D eigenvalue weighted by Gasteiger charge is -2.08. The Morgan fingerprint density at radius 1 is 1.17 bits per heavy atom. The molecule has 0 heterocycles. The summed E-state index contributed by atoms with van der Waals surface area (Å²) in [5, 5.41) is 2.47. The van der Waals surface area contributed by atoms with Crippen molar-refractivity contribution in [3.63, 3.8) is 0 Å². The fraction of sp³-hybridized carbons (Fsp3) is 0.222. The zero-order chi connectivity index (χ0) is 17.5. The third-order valence-corrected chi connectivity index (χ3v) is 3.26. The highest BCUT2D eigenvalue weighted by molar-refractivity contribution is 5.95. The Kier molecular flexibility index (Phi) is 6.03. The van der Waals surface area contributed by atoms with Crippen molar-refractivity contribution in [2.75, 3.05) is 19.0 Å². The second-order valence-electron chi connectivity index (χ2n) is 5.22. The van der Waals surface area contributed by atoms with Gasteiger partial charge in [0, 0.05) is 12.8 Å². The Bertz CT molecular complexity index is 746. The molecule has 1 amide bonds. The van der Waals surface area contributed by atoms with Crippen LogP contribution in [-0.2, 0) is 20.9 Å². The van der Waals surface area contributed by atoms with Gasteiger partial charge in [-0.25, -0.2) is 9.18 Å². The first kappa shape index (κ1) is 17.6. The van der Waals surface area contributed by atoms with Crippen molar-refractivity contribution >= 4 is 17.6 Å². The number of ether oxygens (including phenoxy) is 2. The molecule has 2 aromatic rings. The van der Waals surface area contributed by atoms with Gasteiger partial charge in [-0.15, -0.1) is 0 Å². The van der Waals surface area contributed by atoms with Crippen LogP contribution < -0.4 is 5.32 Å². The Labute approximate surface area is 139 Å². The van der Waals surface area contributed by atoms with E-state index in [9.17, 15) is 14.0 Å². The molecule has 0 spiro atoms. The number of carbonyl (C=O) groups is 2. The van der Waals surface area contributed by atoms with Crippen molar-refractivity contribution in [1.82, 2.24) is 0 Å². The predicted molar refractivity (Wildman–Crippen MR) is 87.2 cm³/mol. The number of rotatable bonds is 6. The smallest absolute Gasteiger partial charge is 0.338 e. The number of halogens is 1. The highest BCUT2D eigenvalue weighted by Gasteiger charge is 2.11. The molecule has 126 valence electrons. The molecule has 0 aliphatic rings. The summed E-state index contributed by atoms with van der Waals surface area (Å²) in [7, 11) is 1.56. The second-order valence-corrected chi connectivity index (χ2v) is 5.22. The maximum absolute atomic E-state index is 13.4. The quantitative estimate of drug-likeness (QED) is 0.826. The molecule has 2 aromatic carbocycles. The average molecular weight is 331 g/mol. The first-order valence-electron chi connectivity index (χ1n) is 7.30. The summed E-state index contributed by atoms with van der Waals surface area (Å²) >= 11 is 0. The molecule has 24 heavy (non-hydrogen) atoms. The number of amides is 1. The van der Waals surface area contributed by atoms with Crippen LogP contribution >= 0.6 is 0 Å². The standard InChI is InChI=1S/C18H18FNO4/c1-12-6-7-15(9-16(12)19)20-17(21)11-24-18(22)14-5-3-4-13(8-14)10-23-2/h3-9H,10-11H2,1-2H3,(H,20,21). The SMILES string of the molecule is COCc1cccc(C(=O)OCC(=O)Nc2ccc(C)c(F)c2)c1. The van der Waals surface area contributed by atoms with Gasteiger partial charge in [-0.05, 0) is 42.3 Å². The molecule has 0 aliphatic carbocycles. The van der Waals surface area contributed by atoms with E-state index in [0.717, 1.165) is 5.56 Å². The molecule has 1 N–H and O–H groups in total. The van der Waals surface area contributed by atoms with Gasteiger partial charge in [0.25, 0.3) is 5.91 Å². The van der Waals surface area contributed by atoms with Gasteiger partial charge in [-0.1, -0.05) is 18.2 Å². The van der Waals surface area contributed by atoms with Gasteiger partial charge in [0.2, 0.25) is 0 Å². The van der Waals surface area contributed by atoms with Crippen molar-refractivity contribution in [2.45, 2.75) is 13.5 Å². The van der Waals surface area contributed by atoms with Crippen LogP contribution in [-0.4, -0.2) is 25.6 Å². The molecule has 0 atom stereocenters. The van der Waals surface area contributed by atoms with Crippen LogP contribution in [0.1, 0.15) is 21.5 Å². The minimum absolute atomic E-state index is 0.307. The Balaban J connectivity index is 1.90. The number of methoxy groups -OCH3 is 1. The van der Waals surface area contributed by atoms with Gasteiger partial charge in [0.15, 0.2) is 6.61 Å². The molecule has 0 aliphatic heterocycles. The average Bonchev–Trinajstić information content (AvgIpc) is 2.56. The molecular weight excluding hydrogens is 313 g/mol. The summed E-state index contributed by atoms with van der Waals surface area (Å²) in [6.45, 7) is 1.55. The summed E-state index contributed by atoms with van der Waals surface area (Å²) in [4.78, 5) is 23.7. The minimum Gasteiger partial charge on any atom is -0.452 e. The van der Waals surface area contributed by atoms with Crippen LogP contribution in [0.5, 0.6) is 0 Å². The molecule has 5 nitrogen and oxygen atoms in total. The number of esters is 1. The number of benzene rings is 2. The van der Waals surface area contributed by atoms with Gasteiger partial charge in [-0.2, -0.15) is 0 Å². The Hall–Kier alpha value is -2.73. The zero-order valence-corrected chi connectivity index (χ0v) is 13.5. The molecule has 0 aromatic heterocycles. The van der Waals surface area contributed by atoms with E-state index in [2.05, 4.69) is 5.32 Å². The van der Waals surface area contributed by atoms with Gasteiger partial charge >= 0.3 is 5.97 Å². The number of aryl methyl sites for hydroxylation is 1. The normalized spacial score (nSPS) is 10.3. The van der Waals surface area contributed by atoms with E-state index in [1.54, 1.807) is 44.4 Å². The van der Waals surface area contributed by atoms with Crippen molar-refractivity contribution < 1.29 is 23.5 Å². The molecule has 2 rings (SSSR count). The highest BCUT2D eigenvalue weighted by Crippen LogP contribution is 2.13. The van der Waals surface area contributed by atoms with E-state index in [4.69, 9.17) is 9.47 Å². The summed E-state index contributed by atoms with van der Waals surface area (Å²) in [5.41, 5.74) is 1.95. The summed E-state index contributed by atoms with van der Waals surface area (Å²) in [5.74, 6) is -1.57. The second kappa shape index (κ2) is 8.21. The molecule has 0 radical (unpaired) electrons. The monoisotopic (exact) mass is 331 g/mol. The van der Waals surface area contributed by atoms with Gasteiger partial charge in [0.05, 0.1) is 12.2 Å². The molecule has 0 bridgehead atoms. The lowest BCUT2D eigenvalue weighted by atomic mass is 10.1. The molecular formula is C18H18FNO4. The Morgan fingerprint density at radius 2 is 1.96 bits per heavy atom. The van der Waals surface area contributed by atoms with Crippen molar-refractivity contribution in [2.24, 2.45) is 0 Å². The third-order valence-electron chi connectivity index (χ3n) is 3.26. The van der Waals surface area contributed by atoms with E-state index >= 15 is 0 Å². The van der Waals surface area contributed by atoms with Gasteiger partial charge < -0.3 is 14.8 Å². The van der Waals surface area contributed by atoms with Crippen LogP contribution in [0.25, 0.3) is 0 Å². The molecule has 0 saturated carbocycles. The topological polar surface area (TPSA) is 64.6 Å². The number of nitrogens with one attached hydrogen (secondary N) is 1. The third kappa shape index (κ3) is 4.89. The number of anilines is 1. The molecule has 0 saturated heterocycles. The summed E-state index contributed by atoms with van der Waals surface area (Å²) in [6, 6.07) is 11.1. The van der Waals surface area contributed by atoms with Crippen molar-refractivity contribution in [3.05, 3.63) is 65.0 Å². The van der Waals surface area contributed by atoms with Crippen LogP contribution in [0.2, 0.25) is 0 Å². The van der Waals surface area contributed by atoms with Crippen LogP contribution in [0.4, 0.5) is 10.1 Å². The minimum atomic E-state index is -0.613. The largest absolute Gasteiger partial charge is 0.452 e. The molecule has 0 unspecified atom stereocenters. The van der Waals surface area contributed by atoms with Gasteiger partial charge in [0.1, 0.15) is 5.82 Å². The van der Waals surface area contributed by atoms with E-state index in [-0.39, 0.29) is 0 Å². The summed E-state index contributed by atoms with van der Waals surface area (Å²) < 4.78 is 23.4. The molecule has 6 heteroatoms. The lowest BCUT2D eigenvalue weighted by Crippen LogP contribution is -2.21. The van der Waals surface area contributed by atoms with Gasteiger partial charge in [-0.3, -0.25) is 4.79 Å². The summed E-state index contributed by atoms with van der Waals surface area (Å²) in [6.07, 6.45) is 0. The predicted octanol–water partition coefficient (Wildman–Crippen LogP) is 3.08. The highest BCUT2D eigenvalue weighted by atomic mass is 19.1. The zero-order valence-electron chi connectivity index (χ0n) is 13.5. The lowest BCUT2D eigenvalue weighted by molar-refractivity contribution is -0.119. The number of hydrogen-bond acceptors (Lipinski definition) is 4. The van der Waals surface area contributed by atoms with E-state index < -0.39 is 24.3 Å². The first-order valence-corrected chi connectivity index (χ1v) is 7.30. The Morgan fingerprint density at radius 3 is 2.67 bits per heavy atom. The number of hydrogen-bond donors (Lipinski definition) is 1. The van der Waals surface area contributed by atoms with Crippen LogP contribution in [0.3, 0.4) is 0 Å². The van der Waals surface area contributed by atoms with Crippen molar-refractivity contribution in [1.29, 1.82) is 0 Å². The maximum Gasteiger partial charge on any atom is 0.338 e. The van der Waals surface area contributed by atoms with Crippen molar-refractivity contribution in [3.8, 4) is 0 Å². The van der Waals surface area contributed by atoms with E-state index in [1.165, 1.54) is 6.07 Å². The molecule has 0 fully saturated rings. The van der Waals surface area contributed by atoms with E-state index in [0.29, 0.717) is 23.4 Å².